The number of rotatable bonds is 7. The van der Waals surface area contributed by atoms with Gasteiger partial charge in [0.15, 0.2) is 11.0 Å². The predicted molar refractivity (Wildman–Crippen MR) is 133 cm³/mol. The lowest BCUT2D eigenvalue weighted by Crippen LogP contribution is -2.32. The molecular formula is C25H22FN5OS2. The molecule has 1 aliphatic rings. The third-order valence-corrected chi connectivity index (χ3v) is 7.72. The SMILES string of the molecule is O=C(CSc1nnc(-c2cccnc2)n1Cc1ccccc1)N1CCS[C@@H]1c1ccccc1F. The Hall–Kier alpha value is -3.17. The maximum Gasteiger partial charge on any atom is 0.234 e. The summed E-state index contributed by atoms with van der Waals surface area (Å²) in [7, 11) is 0. The zero-order chi connectivity index (χ0) is 23.3. The van der Waals surface area contributed by atoms with Gasteiger partial charge < -0.3 is 4.90 Å². The molecule has 0 radical (unpaired) electrons. The number of aromatic nitrogens is 4. The molecule has 0 aliphatic carbocycles. The molecule has 1 fully saturated rings. The van der Waals surface area contributed by atoms with Crippen molar-refractivity contribution in [3.05, 3.63) is 96.1 Å². The van der Waals surface area contributed by atoms with Gasteiger partial charge in [0.2, 0.25) is 5.91 Å². The molecule has 0 N–H and O–H groups in total. The fourth-order valence-electron chi connectivity index (χ4n) is 3.88. The van der Waals surface area contributed by atoms with Crippen LogP contribution in [0.5, 0.6) is 0 Å². The van der Waals surface area contributed by atoms with E-state index < -0.39 is 0 Å². The number of amides is 1. The van der Waals surface area contributed by atoms with Crippen molar-refractivity contribution in [3.8, 4) is 11.4 Å². The quantitative estimate of drug-likeness (QED) is 0.343. The predicted octanol–water partition coefficient (Wildman–Crippen LogP) is 4.89. The molecule has 34 heavy (non-hydrogen) atoms. The lowest BCUT2D eigenvalue weighted by molar-refractivity contribution is -0.128. The molecule has 1 amide bonds. The molecule has 2 aromatic carbocycles. The molecule has 1 atom stereocenters. The second kappa shape index (κ2) is 10.4. The van der Waals surface area contributed by atoms with E-state index in [1.54, 1.807) is 47.3 Å². The first-order valence-corrected chi connectivity index (χ1v) is 12.9. The molecule has 2 aromatic heterocycles. The van der Waals surface area contributed by atoms with Gasteiger partial charge in [0.05, 0.1) is 12.3 Å². The number of nitrogens with zero attached hydrogens (tertiary/aromatic N) is 5. The summed E-state index contributed by atoms with van der Waals surface area (Å²) >= 11 is 2.94. The molecule has 4 aromatic rings. The zero-order valence-corrected chi connectivity index (χ0v) is 19.9. The topological polar surface area (TPSA) is 63.9 Å². The fourth-order valence-corrected chi connectivity index (χ4v) is 6.00. The molecule has 0 saturated carbocycles. The molecule has 1 aliphatic heterocycles. The van der Waals surface area contributed by atoms with Gasteiger partial charge in [0.1, 0.15) is 11.2 Å². The van der Waals surface area contributed by atoms with Crippen LogP contribution in [0.25, 0.3) is 11.4 Å². The van der Waals surface area contributed by atoms with E-state index in [0.29, 0.717) is 29.6 Å². The first-order chi connectivity index (χ1) is 16.7. The van der Waals surface area contributed by atoms with Crippen LogP contribution in [0.4, 0.5) is 4.39 Å². The van der Waals surface area contributed by atoms with E-state index >= 15 is 0 Å². The molecule has 9 heteroatoms. The van der Waals surface area contributed by atoms with Crippen LogP contribution in [0.1, 0.15) is 16.5 Å². The van der Waals surface area contributed by atoms with Crippen molar-refractivity contribution in [2.24, 2.45) is 0 Å². The van der Waals surface area contributed by atoms with Gasteiger partial charge in [0.25, 0.3) is 0 Å². The Labute approximate surface area is 205 Å². The number of pyridine rings is 1. The lowest BCUT2D eigenvalue weighted by atomic mass is 10.2. The van der Waals surface area contributed by atoms with Crippen LogP contribution < -0.4 is 0 Å². The van der Waals surface area contributed by atoms with E-state index in [1.165, 1.54) is 17.8 Å². The third kappa shape index (κ3) is 4.85. The molecular weight excluding hydrogens is 469 g/mol. The number of carbonyl (C=O) groups excluding carboxylic acids is 1. The van der Waals surface area contributed by atoms with E-state index in [1.807, 2.05) is 47.0 Å². The van der Waals surface area contributed by atoms with Gasteiger partial charge in [-0.25, -0.2) is 4.39 Å². The molecule has 5 rings (SSSR count). The molecule has 1 saturated heterocycles. The lowest BCUT2D eigenvalue weighted by Gasteiger charge is -2.24. The van der Waals surface area contributed by atoms with Gasteiger partial charge in [-0.2, -0.15) is 0 Å². The van der Waals surface area contributed by atoms with Crippen molar-refractivity contribution in [2.45, 2.75) is 17.1 Å². The maximum atomic E-state index is 14.4. The van der Waals surface area contributed by atoms with E-state index in [9.17, 15) is 9.18 Å². The van der Waals surface area contributed by atoms with E-state index in [4.69, 9.17) is 0 Å². The highest BCUT2D eigenvalue weighted by molar-refractivity contribution is 8.00. The summed E-state index contributed by atoms with van der Waals surface area (Å²) in [6.07, 6.45) is 3.47. The Bertz CT molecular complexity index is 1270. The summed E-state index contributed by atoms with van der Waals surface area (Å²) in [4.78, 5) is 19.1. The van der Waals surface area contributed by atoms with Crippen LogP contribution in [0.3, 0.4) is 0 Å². The highest BCUT2D eigenvalue weighted by Gasteiger charge is 2.32. The minimum atomic E-state index is -0.303. The number of halogens is 1. The molecule has 3 heterocycles. The largest absolute Gasteiger partial charge is 0.325 e. The highest BCUT2D eigenvalue weighted by atomic mass is 32.2. The van der Waals surface area contributed by atoms with Gasteiger partial charge in [-0.05, 0) is 23.8 Å². The van der Waals surface area contributed by atoms with E-state index in [2.05, 4.69) is 15.2 Å². The van der Waals surface area contributed by atoms with Crippen molar-refractivity contribution in [1.29, 1.82) is 0 Å². The van der Waals surface area contributed by atoms with Crippen molar-refractivity contribution >= 4 is 29.4 Å². The number of hydrogen-bond acceptors (Lipinski definition) is 6. The fraction of sp³-hybridized carbons (Fsp3) is 0.200. The Morgan fingerprint density at radius 3 is 2.68 bits per heavy atom. The number of hydrogen-bond donors (Lipinski definition) is 0. The number of carbonyl (C=O) groups is 1. The van der Waals surface area contributed by atoms with Crippen molar-refractivity contribution in [1.82, 2.24) is 24.6 Å². The summed E-state index contributed by atoms with van der Waals surface area (Å²) in [6, 6.07) is 20.5. The standard InChI is InChI=1S/C25H22FN5OS2/c26-21-11-5-4-10-20(21)24-30(13-14-33-24)22(32)17-34-25-29-28-23(19-9-6-12-27-15-19)31(25)16-18-7-2-1-3-8-18/h1-12,15,24H,13-14,16-17H2/t24-/m1/s1. The average Bonchev–Trinajstić information content (AvgIpc) is 3.52. The summed E-state index contributed by atoms with van der Waals surface area (Å²) < 4.78 is 16.4. The zero-order valence-electron chi connectivity index (χ0n) is 18.3. The van der Waals surface area contributed by atoms with E-state index in [-0.39, 0.29) is 22.9 Å². The van der Waals surface area contributed by atoms with Gasteiger partial charge in [-0.15, -0.1) is 22.0 Å². The van der Waals surface area contributed by atoms with Crippen LogP contribution >= 0.6 is 23.5 Å². The van der Waals surface area contributed by atoms with E-state index in [0.717, 1.165) is 16.9 Å². The Morgan fingerprint density at radius 1 is 1.06 bits per heavy atom. The Balaban J connectivity index is 1.36. The van der Waals surface area contributed by atoms with Crippen LogP contribution in [-0.4, -0.2) is 48.6 Å². The third-order valence-electron chi connectivity index (χ3n) is 5.53. The number of benzene rings is 2. The van der Waals surface area contributed by atoms with Gasteiger partial charge in [0, 0.05) is 35.8 Å². The smallest absolute Gasteiger partial charge is 0.234 e. The van der Waals surface area contributed by atoms with Crippen molar-refractivity contribution in [3.63, 3.8) is 0 Å². The average molecular weight is 492 g/mol. The molecule has 0 bridgehead atoms. The second-order valence-electron chi connectivity index (χ2n) is 7.74. The highest BCUT2D eigenvalue weighted by Crippen LogP contribution is 2.39. The van der Waals surface area contributed by atoms with Gasteiger partial charge in [-0.1, -0.05) is 60.3 Å². The van der Waals surface area contributed by atoms with Crippen molar-refractivity contribution < 1.29 is 9.18 Å². The Morgan fingerprint density at radius 2 is 1.88 bits per heavy atom. The normalized spacial score (nSPS) is 15.6. The van der Waals surface area contributed by atoms with Crippen LogP contribution in [0.15, 0.2) is 84.3 Å². The minimum Gasteiger partial charge on any atom is -0.325 e. The first kappa shape index (κ1) is 22.6. The number of thioether (sulfide) groups is 2. The summed E-state index contributed by atoms with van der Waals surface area (Å²) in [5.41, 5.74) is 2.52. The molecule has 0 unspecified atom stereocenters. The monoisotopic (exact) mass is 491 g/mol. The second-order valence-corrected chi connectivity index (χ2v) is 9.87. The van der Waals surface area contributed by atoms with Crippen LogP contribution in [-0.2, 0) is 11.3 Å². The van der Waals surface area contributed by atoms with Crippen molar-refractivity contribution in [2.75, 3.05) is 18.1 Å². The summed E-state index contributed by atoms with van der Waals surface area (Å²) in [5.74, 6) is 1.36. The molecule has 172 valence electrons. The first-order valence-electron chi connectivity index (χ1n) is 10.9. The summed E-state index contributed by atoms with van der Waals surface area (Å²) in [6.45, 7) is 1.17. The molecule has 0 spiro atoms. The van der Waals surface area contributed by atoms with Crippen LogP contribution in [0.2, 0.25) is 0 Å². The maximum absolute atomic E-state index is 14.4. The van der Waals surface area contributed by atoms with Gasteiger partial charge >= 0.3 is 0 Å². The summed E-state index contributed by atoms with van der Waals surface area (Å²) in [5, 5.41) is 9.15. The van der Waals surface area contributed by atoms with Gasteiger partial charge in [-0.3, -0.25) is 14.3 Å². The Kier molecular flexibility index (Phi) is 6.92. The molecule has 6 nitrogen and oxygen atoms in total. The minimum absolute atomic E-state index is 0.0413. The van der Waals surface area contributed by atoms with Crippen LogP contribution in [0, 0.1) is 5.82 Å².